The van der Waals surface area contributed by atoms with Crippen LogP contribution in [-0.4, -0.2) is 11.9 Å². The highest BCUT2D eigenvalue weighted by Gasteiger charge is 2.25. The van der Waals surface area contributed by atoms with Crippen molar-refractivity contribution in [3.8, 4) is 5.75 Å². The second-order valence-corrected chi connectivity index (χ2v) is 4.01. The first-order valence-corrected chi connectivity index (χ1v) is 5.60. The smallest absolute Gasteiger partial charge is 0.170 e. The van der Waals surface area contributed by atoms with Crippen molar-refractivity contribution >= 4 is 5.78 Å². The average Bonchev–Trinajstić information content (AvgIpc) is 2.26. The Morgan fingerprint density at radius 3 is 3.00 bits per heavy atom. The van der Waals surface area contributed by atoms with Crippen LogP contribution in [0.2, 0.25) is 0 Å². The van der Waals surface area contributed by atoms with E-state index >= 15 is 0 Å². The molecule has 0 bridgehead atoms. The molecular formula is C13H16O2. The van der Waals surface area contributed by atoms with Crippen molar-refractivity contribution in [2.45, 2.75) is 38.7 Å². The van der Waals surface area contributed by atoms with E-state index in [2.05, 4.69) is 6.92 Å². The van der Waals surface area contributed by atoms with E-state index in [0.29, 0.717) is 6.42 Å². The number of carbonyl (C=O) groups is 1. The Kier molecular flexibility index (Phi) is 3.05. The molecule has 0 amide bonds. The zero-order valence-corrected chi connectivity index (χ0v) is 9.03. The highest BCUT2D eigenvalue weighted by atomic mass is 16.5. The van der Waals surface area contributed by atoms with Crippen molar-refractivity contribution in [3.63, 3.8) is 0 Å². The van der Waals surface area contributed by atoms with Crippen LogP contribution in [0.15, 0.2) is 24.3 Å². The molecule has 1 aromatic rings. The Morgan fingerprint density at radius 1 is 1.40 bits per heavy atom. The molecule has 2 heteroatoms. The van der Waals surface area contributed by atoms with Gasteiger partial charge in [-0.2, -0.15) is 0 Å². The maximum Gasteiger partial charge on any atom is 0.170 e. The van der Waals surface area contributed by atoms with Gasteiger partial charge in [0.05, 0.1) is 5.56 Å². The first-order chi connectivity index (χ1) is 7.31. The summed E-state index contributed by atoms with van der Waals surface area (Å²) in [5.41, 5.74) is 0.741. The van der Waals surface area contributed by atoms with Gasteiger partial charge in [-0.05, 0) is 18.6 Å². The summed E-state index contributed by atoms with van der Waals surface area (Å²) in [5, 5.41) is 0. The number of ether oxygens (including phenoxy) is 1. The number of unbranched alkanes of at least 4 members (excludes halogenated alkanes) is 1. The predicted octanol–water partition coefficient (Wildman–Crippen LogP) is 3.21. The van der Waals surface area contributed by atoms with Gasteiger partial charge in [0, 0.05) is 6.42 Å². The number of ketones is 1. The molecule has 0 spiro atoms. The summed E-state index contributed by atoms with van der Waals surface area (Å²) in [6.07, 6.45) is 3.89. The lowest BCUT2D eigenvalue weighted by molar-refractivity contribution is 0.0836. The third-order valence-corrected chi connectivity index (χ3v) is 2.77. The molecule has 2 rings (SSSR count). The van der Waals surface area contributed by atoms with Gasteiger partial charge in [0.25, 0.3) is 0 Å². The number of rotatable bonds is 3. The van der Waals surface area contributed by atoms with Crippen LogP contribution in [0.4, 0.5) is 0 Å². The Morgan fingerprint density at radius 2 is 2.20 bits per heavy atom. The van der Waals surface area contributed by atoms with Gasteiger partial charge in [-0.3, -0.25) is 4.79 Å². The quantitative estimate of drug-likeness (QED) is 0.755. The Bertz CT molecular complexity index is 357. The van der Waals surface area contributed by atoms with E-state index in [4.69, 9.17) is 4.74 Å². The molecule has 1 atom stereocenters. The van der Waals surface area contributed by atoms with E-state index in [-0.39, 0.29) is 11.9 Å². The minimum absolute atomic E-state index is 0.0901. The van der Waals surface area contributed by atoms with Gasteiger partial charge in [-0.1, -0.05) is 31.9 Å². The zero-order chi connectivity index (χ0) is 10.7. The first-order valence-electron chi connectivity index (χ1n) is 5.60. The topological polar surface area (TPSA) is 26.3 Å². The van der Waals surface area contributed by atoms with E-state index in [1.807, 2.05) is 24.3 Å². The summed E-state index contributed by atoms with van der Waals surface area (Å²) < 4.78 is 5.78. The molecule has 1 heterocycles. The molecular weight excluding hydrogens is 188 g/mol. The number of para-hydroxylation sites is 1. The van der Waals surface area contributed by atoms with Gasteiger partial charge in [-0.15, -0.1) is 0 Å². The van der Waals surface area contributed by atoms with Crippen LogP contribution in [0.3, 0.4) is 0 Å². The molecule has 0 aromatic heterocycles. The van der Waals surface area contributed by atoms with Gasteiger partial charge < -0.3 is 4.74 Å². The number of fused-ring (bicyclic) bond motifs is 1. The van der Waals surface area contributed by atoms with E-state index in [0.717, 1.165) is 30.6 Å². The van der Waals surface area contributed by atoms with Crippen LogP contribution >= 0.6 is 0 Å². The molecule has 1 aromatic carbocycles. The van der Waals surface area contributed by atoms with Crippen molar-refractivity contribution < 1.29 is 9.53 Å². The van der Waals surface area contributed by atoms with Gasteiger partial charge >= 0.3 is 0 Å². The summed E-state index contributed by atoms with van der Waals surface area (Å²) >= 11 is 0. The molecule has 1 aliphatic rings. The van der Waals surface area contributed by atoms with E-state index in [9.17, 15) is 4.79 Å². The molecule has 0 aliphatic carbocycles. The van der Waals surface area contributed by atoms with Crippen molar-refractivity contribution in [1.82, 2.24) is 0 Å². The Balaban J connectivity index is 2.12. The zero-order valence-electron chi connectivity index (χ0n) is 9.03. The number of hydrogen-bond donors (Lipinski definition) is 0. The summed E-state index contributed by atoms with van der Waals surface area (Å²) in [6.45, 7) is 2.15. The molecule has 0 saturated heterocycles. The largest absolute Gasteiger partial charge is 0.489 e. The maximum absolute atomic E-state index is 11.8. The summed E-state index contributed by atoms with van der Waals surface area (Å²) in [4.78, 5) is 11.8. The SMILES string of the molecule is CCCCC1CC(=O)c2ccccc2O1. The summed E-state index contributed by atoms with van der Waals surface area (Å²) in [7, 11) is 0. The lowest BCUT2D eigenvalue weighted by Gasteiger charge is -2.24. The monoisotopic (exact) mass is 204 g/mol. The second-order valence-electron chi connectivity index (χ2n) is 4.01. The molecule has 0 saturated carbocycles. The maximum atomic E-state index is 11.8. The molecule has 80 valence electrons. The fourth-order valence-electron chi connectivity index (χ4n) is 1.93. The summed E-state index contributed by atoms with van der Waals surface area (Å²) in [6, 6.07) is 7.51. The van der Waals surface area contributed by atoms with Crippen LogP contribution in [0.1, 0.15) is 43.0 Å². The highest BCUT2D eigenvalue weighted by molar-refractivity contribution is 5.99. The predicted molar refractivity (Wildman–Crippen MR) is 59.3 cm³/mol. The molecule has 0 fully saturated rings. The second kappa shape index (κ2) is 4.47. The van der Waals surface area contributed by atoms with Crippen LogP contribution in [-0.2, 0) is 0 Å². The number of benzene rings is 1. The standard InChI is InChI=1S/C13H16O2/c1-2-3-6-10-9-12(14)11-7-4-5-8-13(11)15-10/h4-5,7-8,10H,2-3,6,9H2,1H3. The minimum Gasteiger partial charge on any atom is -0.489 e. The lowest BCUT2D eigenvalue weighted by atomic mass is 9.98. The fourth-order valence-corrected chi connectivity index (χ4v) is 1.93. The van der Waals surface area contributed by atoms with E-state index in [1.54, 1.807) is 0 Å². The molecule has 1 unspecified atom stereocenters. The van der Waals surface area contributed by atoms with Crippen LogP contribution in [0.5, 0.6) is 5.75 Å². The Hall–Kier alpha value is -1.31. The molecule has 1 aliphatic heterocycles. The first kappa shape index (κ1) is 10.2. The summed E-state index contributed by atoms with van der Waals surface area (Å²) in [5.74, 6) is 0.979. The van der Waals surface area contributed by atoms with Crippen LogP contribution in [0.25, 0.3) is 0 Å². The highest BCUT2D eigenvalue weighted by Crippen LogP contribution is 2.28. The van der Waals surface area contributed by atoms with Crippen LogP contribution in [0, 0.1) is 0 Å². The van der Waals surface area contributed by atoms with Gasteiger partial charge in [-0.25, -0.2) is 0 Å². The Labute approximate surface area is 90.3 Å². The van der Waals surface area contributed by atoms with Crippen molar-refractivity contribution in [1.29, 1.82) is 0 Å². The van der Waals surface area contributed by atoms with Gasteiger partial charge in [0.1, 0.15) is 11.9 Å². The minimum atomic E-state index is 0.0901. The molecule has 0 N–H and O–H groups in total. The fraction of sp³-hybridized carbons (Fsp3) is 0.462. The molecule has 15 heavy (non-hydrogen) atoms. The van der Waals surface area contributed by atoms with E-state index < -0.39 is 0 Å². The third kappa shape index (κ3) is 2.20. The number of hydrogen-bond acceptors (Lipinski definition) is 2. The molecule has 0 radical (unpaired) electrons. The average molecular weight is 204 g/mol. The number of Topliss-reactive ketones (excluding diaryl/α,β-unsaturated/α-hetero) is 1. The van der Waals surface area contributed by atoms with Gasteiger partial charge in [0.2, 0.25) is 0 Å². The molecule has 2 nitrogen and oxygen atoms in total. The number of carbonyl (C=O) groups excluding carboxylic acids is 1. The van der Waals surface area contributed by atoms with Crippen LogP contribution < -0.4 is 4.74 Å². The normalized spacial score (nSPS) is 19.5. The van der Waals surface area contributed by atoms with Crippen molar-refractivity contribution in [2.75, 3.05) is 0 Å². The lowest BCUT2D eigenvalue weighted by Crippen LogP contribution is -2.26. The van der Waals surface area contributed by atoms with Crippen molar-refractivity contribution in [3.05, 3.63) is 29.8 Å². The third-order valence-electron chi connectivity index (χ3n) is 2.77. The van der Waals surface area contributed by atoms with Crippen molar-refractivity contribution in [2.24, 2.45) is 0 Å². The van der Waals surface area contributed by atoms with Gasteiger partial charge in [0.15, 0.2) is 5.78 Å². The van der Waals surface area contributed by atoms with E-state index in [1.165, 1.54) is 0 Å².